The predicted molar refractivity (Wildman–Crippen MR) is 89.5 cm³/mol. The Bertz CT molecular complexity index is 680. The summed E-state index contributed by atoms with van der Waals surface area (Å²) in [6.45, 7) is 2.20. The van der Waals surface area contributed by atoms with Crippen LogP contribution in [0.5, 0.6) is 0 Å². The Morgan fingerprint density at radius 3 is 2.39 bits per heavy atom. The van der Waals surface area contributed by atoms with E-state index in [1.54, 1.807) is 24.3 Å². The van der Waals surface area contributed by atoms with E-state index in [0.29, 0.717) is 5.56 Å². The summed E-state index contributed by atoms with van der Waals surface area (Å²) in [5.74, 6) is -0.385. The lowest BCUT2D eigenvalue weighted by molar-refractivity contribution is -0.141. The molecule has 0 aliphatic heterocycles. The largest absolute Gasteiger partial charge is 0.465 e. The maximum atomic E-state index is 11.8. The summed E-state index contributed by atoms with van der Waals surface area (Å²) in [4.78, 5) is 24.2. The Morgan fingerprint density at radius 2 is 1.74 bits per heavy atom. The number of carbonyl (C=O) groups excluding carboxylic acids is 2. The molecule has 0 radical (unpaired) electrons. The second-order valence-electron chi connectivity index (χ2n) is 4.90. The molecule has 0 aliphatic carbocycles. The summed E-state index contributed by atoms with van der Waals surface area (Å²) < 4.78 is 9.87. The van der Waals surface area contributed by atoms with Crippen LogP contribution in [0.4, 0.5) is 0 Å². The summed E-state index contributed by atoms with van der Waals surface area (Å²) in [5.41, 5.74) is 2.44. The molecule has 2 aromatic rings. The fourth-order valence-electron chi connectivity index (χ4n) is 1.92. The van der Waals surface area contributed by atoms with Gasteiger partial charge in [-0.2, -0.15) is 0 Å². The van der Waals surface area contributed by atoms with Crippen LogP contribution in [0.3, 0.4) is 0 Å². The number of hydrogen-bond donors (Lipinski definition) is 0. The first-order chi connectivity index (χ1) is 11.1. The molecule has 4 nitrogen and oxygen atoms in total. The van der Waals surface area contributed by atoms with Crippen LogP contribution in [0, 0.1) is 6.92 Å². The minimum absolute atomic E-state index is 0.189. The van der Waals surface area contributed by atoms with Crippen LogP contribution in [-0.4, -0.2) is 24.8 Å². The van der Waals surface area contributed by atoms with Gasteiger partial charge in [-0.25, -0.2) is 4.79 Å². The van der Waals surface area contributed by atoms with E-state index >= 15 is 0 Å². The number of hydrogen-bond acceptors (Lipinski definition) is 5. The summed E-state index contributed by atoms with van der Waals surface area (Å²) in [7, 11) is 1.34. The third kappa shape index (κ3) is 5.14. The van der Waals surface area contributed by atoms with Gasteiger partial charge in [0.05, 0.1) is 18.4 Å². The van der Waals surface area contributed by atoms with Gasteiger partial charge in [0, 0.05) is 4.90 Å². The molecule has 0 aliphatic rings. The van der Waals surface area contributed by atoms with Crippen molar-refractivity contribution in [2.24, 2.45) is 0 Å². The molecule has 0 amide bonds. The Morgan fingerprint density at radius 1 is 1.04 bits per heavy atom. The number of rotatable bonds is 6. The highest BCUT2D eigenvalue weighted by molar-refractivity contribution is 8.00. The van der Waals surface area contributed by atoms with E-state index < -0.39 is 0 Å². The van der Waals surface area contributed by atoms with Crippen LogP contribution in [0.15, 0.2) is 53.4 Å². The maximum absolute atomic E-state index is 11.8. The third-order valence-corrected chi connectivity index (χ3v) is 4.36. The Labute approximate surface area is 139 Å². The third-order valence-electron chi connectivity index (χ3n) is 3.21. The predicted octanol–water partition coefficient (Wildman–Crippen LogP) is 3.62. The van der Waals surface area contributed by atoms with Crippen molar-refractivity contribution in [3.63, 3.8) is 0 Å². The minimum atomic E-state index is -0.386. The highest BCUT2D eigenvalue weighted by Crippen LogP contribution is 2.21. The summed E-state index contributed by atoms with van der Waals surface area (Å²) in [6.07, 6.45) is 0. The van der Waals surface area contributed by atoms with Gasteiger partial charge in [0.15, 0.2) is 0 Å². The molecule has 2 aromatic carbocycles. The van der Waals surface area contributed by atoms with Crippen molar-refractivity contribution in [3.8, 4) is 0 Å². The minimum Gasteiger partial charge on any atom is -0.465 e. The average Bonchev–Trinajstić information content (AvgIpc) is 2.59. The van der Waals surface area contributed by atoms with Gasteiger partial charge >= 0.3 is 11.9 Å². The molecule has 23 heavy (non-hydrogen) atoms. The summed E-state index contributed by atoms with van der Waals surface area (Å²) in [6, 6.07) is 14.7. The van der Waals surface area contributed by atoms with Gasteiger partial charge in [-0.1, -0.05) is 30.3 Å². The molecule has 0 N–H and O–H groups in total. The monoisotopic (exact) mass is 330 g/mol. The molecule has 5 heteroatoms. The van der Waals surface area contributed by atoms with Gasteiger partial charge in [0.1, 0.15) is 6.61 Å². The smallest absolute Gasteiger partial charge is 0.337 e. The average molecular weight is 330 g/mol. The number of thioether (sulfide) groups is 1. The molecule has 0 aromatic heterocycles. The molecule has 0 saturated carbocycles. The van der Waals surface area contributed by atoms with Crippen LogP contribution < -0.4 is 0 Å². The first-order valence-electron chi connectivity index (χ1n) is 7.11. The molecule has 2 rings (SSSR count). The fourth-order valence-corrected chi connectivity index (χ4v) is 2.74. The number of carbonyl (C=O) groups is 2. The summed E-state index contributed by atoms with van der Waals surface area (Å²) in [5, 5.41) is 0. The van der Waals surface area contributed by atoms with Crippen molar-refractivity contribution >= 4 is 23.7 Å². The van der Waals surface area contributed by atoms with Crippen molar-refractivity contribution < 1.29 is 19.1 Å². The Hall–Kier alpha value is -2.27. The van der Waals surface area contributed by atoms with E-state index in [-0.39, 0.29) is 24.3 Å². The molecule has 0 bridgehead atoms. The molecule has 120 valence electrons. The lowest BCUT2D eigenvalue weighted by Crippen LogP contribution is -2.07. The van der Waals surface area contributed by atoms with Gasteiger partial charge in [-0.3, -0.25) is 4.79 Å². The van der Waals surface area contributed by atoms with Crippen LogP contribution in [0.25, 0.3) is 0 Å². The topological polar surface area (TPSA) is 52.6 Å². The molecule has 0 fully saturated rings. The van der Waals surface area contributed by atoms with E-state index in [0.717, 1.165) is 16.0 Å². The second-order valence-corrected chi connectivity index (χ2v) is 5.92. The molecule has 0 unspecified atom stereocenters. The summed E-state index contributed by atoms with van der Waals surface area (Å²) >= 11 is 1.46. The highest BCUT2D eigenvalue weighted by Gasteiger charge is 2.08. The lowest BCUT2D eigenvalue weighted by atomic mass is 10.1. The highest BCUT2D eigenvalue weighted by atomic mass is 32.2. The standard InChI is InChI=1S/C18H18O4S/c1-13-5-3-4-6-16(13)23-12-17(19)22-11-14-7-9-15(10-8-14)18(20)21-2/h3-10H,11-12H2,1-2H3. The van der Waals surface area contributed by atoms with Gasteiger partial charge in [-0.15, -0.1) is 11.8 Å². The van der Waals surface area contributed by atoms with E-state index in [2.05, 4.69) is 4.74 Å². The van der Waals surface area contributed by atoms with Crippen LogP contribution in [0.2, 0.25) is 0 Å². The Balaban J connectivity index is 1.80. The van der Waals surface area contributed by atoms with E-state index in [1.165, 1.54) is 18.9 Å². The van der Waals surface area contributed by atoms with Gasteiger partial charge < -0.3 is 9.47 Å². The van der Waals surface area contributed by atoms with Crippen LogP contribution in [-0.2, 0) is 20.9 Å². The van der Waals surface area contributed by atoms with Crippen molar-refractivity contribution in [3.05, 3.63) is 65.2 Å². The van der Waals surface area contributed by atoms with E-state index in [4.69, 9.17) is 4.74 Å². The van der Waals surface area contributed by atoms with Crippen LogP contribution in [0.1, 0.15) is 21.5 Å². The van der Waals surface area contributed by atoms with Crippen molar-refractivity contribution in [1.82, 2.24) is 0 Å². The molecular weight excluding hydrogens is 312 g/mol. The quantitative estimate of drug-likeness (QED) is 0.598. The zero-order valence-corrected chi connectivity index (χ0v) is 13.9. The van der Waals surface area contributed by atoms with Crippen molar-refractivity contribution in [1.29, 1.82) is 0 Å². The number of esters is 2. The number of benzene rings is 2. The van der Waals surface area contributed by atoms with Gasteiger partial charge in [0.2, 0.25) is 0 Å². The SMILES string of the molecule is COC(=O)c1ccc(COC(=O)CSc2ccccc2C)cc1. The van der Waals surface area contributed by atoms with Gasteiger partial charge in [0.25, 0.3) is 0 Å². The Kier molecular flexibility index (Phi) is 6.23. The zero-order valence-electron chi connectivity index (χ0n) is 13.1. The molecule has 0 saturated heterocycles. The second kappa shape index (κ2) is 8.39. The van der Waals surface area contributed by atoms with Crippen LogP contribution >= 0.6 is 11.8 Å². The zero-order chi connectivity index (χ0) is 16.7. The first kappa shape index (κ1) is 17.1. The molecule has 0 atom stereocenters. The number of ether oxygens (including phenoxy) is 2. The van der Waals surface area contributed by atoms with Crippen molar-refractivity contribution in [2.75, 3.05) is 12.9 Å². The lowest BCUT2D eigenvalue weighted by Gasteiger charge is -2.07. The molecule has 0 spiro atoms. The van der Waals surface area contributed by atoms with E-state index in [1.807, 2.05) is 31.2 Å². The van der Waals surface area contributed by atoms with Crippen molar-refractivity contribution in [2.45, 2.75) is 18.4 Å². The number of methoxy groups -OCH3 is 1. The molecular formula is C18H18O4S. The van der Waals surface area contributed by atoms with Gasteiger partial charge in [-0.05, 0) is 36.2 Å². The number of aryl methyl sites for hydroxylation is 1. The fraction of sp³-hybridized carbons (Fsp3) is 0.222. The molecule has 0 heterocycles. The maximum Gasteiger partial charge on any atom is 0.337 e. The first-order valence-corrected chi connectivity index (χ1v) is 8.10. The van der Waals surface area contributed by atoms with E-state index in [9.17, 15) is 9.59 Å². The normalized spacial score (nSPS) is 10.2.